The van der Waals surface area contributed by atoms with E-state index >= 15 is 0 Å². The van der Waals surface area contributed by atoms with Crippen LogP contribution in [-0.2, 0) is 0 Å². The normalized spacial score (nSPS) is 38.1. The van der Waals surface area contributed by atoms with Gasteiger partial charge in [-0.05, 0) is 36.5 Å². The molecule has 2 rings (SSSR count). The molecular weight excluding hydrogens is 204 g/mol. The third-order valence-corrected chi connectivity index (χ3v) is 5.45. The van der Waals surface area contributed by atoms with Crippen LogP contribution in [0, 0.1) is 23.7 Å². The third kappa shape index (κ3) is 4.30. The van der Waals surface area contributed by atoms with Crippen molar-refractivity contribution in [2.75, 3.05) is 0 Å². The van der Waals surface area contributed by atoms with E-state index < -0.39 is 0 Å². The zero-order valence-corrected chi connectivity index (χ0v) is 12.1. The number of rotatable bonds is 1. The molecule has 100 valence electrons. The average Bonchev–Trinajstić information content (AvgIpc) is 2.58. The van der Waals surface area contributed by atoms with Crippen molar-refractivity contribution >= 4 is 0 Å². The van der Waals surface area contributed by atoms with E-state index in [1.165, 1.54) is 57.8 Å². The summed E-state index contributed by atoms with van der Waals surface area (Å²) in [6, 6.07) is 0. The van der Waals surface area contributed by atoms with Gasteiger partial charge in [-0.15, -0.1) is 0 Å². The van der Waals surface area contributed by atoms with E-state index in [2.05, 4.69) is 13.8 Å². The molecule has 3 unspecified atom stereocenters. The van der Waals surface area contributed by atoms with Crippen molar-refractivity contribution < 1.29 is 0 Å². The van der Waals surface area contributed by atoms with E-state index in [-0.39, 0.29) is 0 Å². The predicted octanol–water partition coefficient (Wildman–Crippen LogP) is 5.81. The Morgan fingerprint density at radius 3 is 1.82 bits per heavy atom. The van der Waals surface area contributed by atoms with Crippen molar-refractivity contribution in [1.29, 1.82) is 0 Å². The predicted molar refractivity (Wildman–Crippen MR) is 76.1 cm³/mol. The lowest BCUT2D eigenvalue weighted by Crippen LogP contribution is -2.21. The fourth-order valence-corrected chi connectivity index (χ4v) is 4.17. The maximum atomic E-state index is 2.50. The number of hydrogen-bond donors (Lipinski definition) is 0. The molecule has 0 spiro atoms. The first kappa shape index (κ1) is 13.4. The molecule has 2 aliphatic carbocycles. The van der Waals surface area contributed by atoms with E-state index in [0.29, 0.717) is 0 Å². The highest BCUT2D eigenvalue weighted by atomic mass is 14.3. The lowest BCUT2D eigenvalue weighted by molar-refractivity contribution is 0.193. The molecule has 2 fully saturated rings. The lowest BCUT2D eigenvalue weighted by atomic mass is 9.74. The van der Waals surface area contributed by atoms with Crippen LogP contribution in [0.15, 0.2) is 0 Å². The quantitative estimate of drug-likeness (QED) is 0.504. The minimum atomic E-state index is 0.992. The molecule has 0 aromatic rings. The molecular formula is C17H32. The van der Waals surface area contributed by atoms with Gasteiger partial charge in [0.1, 0.15) is 0 Å². The van der Waals surface area contributed by atoms with Gasteiger partial charge >= 0.3 is 0 Å². The summed E-state index contributed by atoms with van der Waals surface area (Å²) >= 11 is 0. The van der Waals surface area contributed by atoms with Gasteiger partial charge in [0, 0.05) is 0 Å². The molecule has 0 aromatic carbocycles. The van der Waals surface area contributed by atoms with Gasteiger partial charge in [0.2, 0.25) is 0 Å². The van der Waals surface area contributed by atoms with Crippen LogP contribution in [0.2, 0.25) is 0 Å². The van der Waals surface area contributed by atoms with Gasteiger partial charge in [-0.25, -0.2) is 0 Å². The first-order valence-corrected chi connectivity index (χ1v) is 8.25. The zero-order chi connectivity index (χ0) is 12.1. The van der Waals surface area contributed by atoms with Crippen LogP contribution in [0.4, 0.5) is 0 Å². The minimum absolute atomic E-state index is 0.992. The Labute approximate surface area is 109 Å². The van der Waals surface area contributed by atoms with Crippen molar-refractivity contribution in [3.63, 3.8) is 0 Å². The summed E-state index contributed by atoms with van der Waals surface area (Å²) in [5.41, 5.74) is 0. The van der Waals surface area contributed by atoms with Gasteiger partial charge in [-0.3, -0.25) is 0 Å². The molecule has 0 saturated heterocycles. The Morgan fingerprint density at radius 1 is 0.529 bits per heavy atom. The summed E-state index contributed by atoms with van der Waals surface area (Å²) < 4.78 is 0. The Hall–Kier alpha value is 0. The second-order valence-corrected chi connectivity index (χ2v) is 7.11. The molecule has 0 N–H and O–H groups in total. The van der Waals surface area contributed by atoms with Crippen LogP contribution in [0.25, 0.3) is 0 Å². The van der Waals surface area contributed by atoms with Gasteiger partial charge < -0.3 is 0 Å². The summed E-state index contributed by atoms with van der Waals surface area (Å²) in [6.45, 7) is 4.98. The third-order valence-electron chi connectivity index (χ3n) is 5.45. The standard InChI is InChI=1S/C17H32/c1-14-9-10-15(2)13-17(12-11-14)16-7-5-3-4-6-8-16/h14-17H,3-13H2,1-2H3. The van der Waals surface area contributed by atoms with E-state index in [4.69, 9.17) is 0 Å². The van der Waals surface area contributed by atoms with Crippen molar-refractivity contribution in [3.05, 3.63) is 0 Å². The molecule has 0 bridgehead atoms. The highest BCUT2D eigenvalue weighted by molar-refractivity contribution is 4.78. The van der Waals surface area contributed by atoms with E-state index in [9.17, 15) is 0 Å². The molecule has 17 heavy (non-hydrogen) atoms. The average molecular weight is 236 g/mol. The summed E-state index contributed by atoms with van der Waals surface area (Å²) in [5.74, 6) is 4.15. The van der Waals surface area contributed by atoms with Crippen molar-refractivity contribution in [1.82, 2.24) is 0 Å². The van der Waals surface area contributed by atoms with Gasteiger partial charge in [-0.2, -0.15) is 0 Å². The fourth-order valence-electron chi connectivity index (χ4n) is 4.17. The largest absolute Gasteiger partial charge is 0.0625 e. The first-order chi connectivity index (χ1) is 8.25. The highest BCUT2D eigenvalue weighted by Crippen LogP contribution is 2.38. The molecule has 0 nitrogen and oxygen atoms in total. The minimum Gasteiger partial charge on any atom is -0.0625 e. The molecule has 0 aliphatic heterocycles. The van der Waals surface area contributed by atoms with E-state index in [1.54, 1.807) is 12.8 Å². The molecule has 0 amide bonds. The zero-order valence-electron chi connectivity index (χ0n) is 12.1. The summed E-state index contributed by atoms with van der Waals surface area (Å²) in [6.07, 6.45) is 16.7. The smallest absolute Gasteiger partial charge is 0.0383 e. The van der Waals surface area contributed by atoms with Gasteiger partial charge in [0.05, 0.1) is 0 Å². The van der Waals surface area contributed by atoms with Crippen LogP contribution < -0.4 is 0 Å². The Bertz CT molecular complexity index is 200. The van der Waals surface area contributed by atoms with Crippen molar-refractivity contribution in [3.8, 4) is 0 Å². The van der Waals surface area contributed by atoms with Crippen LogP contribution in [0.3, 0.4) is 0 Å². The second kappa shape index (κ2) is 6.81. The topological polar surface area (TPSA) is 0 Å². The molecule has 2 aliphatic rings. The van der Waals surface area contributed by atoms with E-state index in [0.717, 1.165) is 23.7 Å². The molecule has 0 heterocycles. The second-order valence-electron chi connectivity index (χ2n) is 7.11. The monoisotopic (exact) mass is 236 g/mol. The summed E-state index contributed by atoms with van der Waals surface area (Å²) in [7, 11) is 0. The van der Waals surface area contributed by atoms with Gasteiger partial charge in [0.15, 0.2) is 0 Å². The first-order valence-electron chi connectivity index (χ1n) is 8.25. The van der Waals surface area contributed by atoms with Crippen LogP contribution in [0.1, 0.15) is 84.5 Å². The Morgan fingerprint density at radius 2 is 1.12 bits per heavy atom. The molecule has 0 heteroatoms. The van der Waals surface area contributed by atoms with Crippen molar-refractivity contribution in [2.45, 2.75) is 84.5 Å². The van der Waals surface area contributed by atoms with Gasteiger partial charge in [0.25, 0.3) is 0 Å². The summed E-state index contributed by atoms with van der Waals surface area (Å²) in [4.78, 5) is 0. The van der Waals surface area contributed by atoms with Crippen molar-refractivity contribution in [2.24, 2.45) is 23.7 Å². The van der Waals surface area contributed by atoms with Crippen LogP contribution >= 0.6 is 0 Å². The SMILES string of the molecule is CC1CCC(C)CC(C2CCCCCC2)CC1. The summed E-state index contributed by atoms with van der Waals surface area (Å²) in [5, 5.41) is 0. The lowest BCUT2D eigenvalue weighted by Gasteiger charge is -2.32. The van der Waals surface area contributed by atoms with E-state index in [1.807, 2.05) is 0 Å². The van der Waals surface area contributed by atoms with Gasteiger partial charge in [-0.1, -0.05) is 71.6 Å². The maximum Gasteiger partial charge on any atom is -0.0383 e. The molecule has 0 radical (unpaired) electrons. The maximum absolute atomic E-state index is 2.50. The fraction of sp³-hybridized carbons (Fsp3) is 1.00. The molecule has 2 saturated carbocycles. The molecule has 3 atom stereocenters. The Kier molecular flexibility index (Phi) is 5.38. The highest BCUT2D eigenvalue weighted by Gasteiger charge is 2.26. The van der Waals surface area contributed by atoms with Crippen LogP contribution in [0.5, 0.6) is 0 Å². The number of hydrogen-bond acceptors (Lipinski definition) is 0. The van der Waals surface area contributed by atoms with Crippen LogP contribution in [-0.4, -0.2) is 0 Å². The Balaban J connectivity index is 1.91. The molecule has 0 aromatic heterocycles.